The average molecular weight is 324 g/mol. The van der Waals surface area contributed by atoms with Crippen molar-refractivity contribution in [2.45, 2.75) is 60.8 Å². The number of hydrogen-bond donors (Lipinski definition) is 0. The fourth-order valence-corrected chi connectivity index (χ4v) is 2.91. The predicted molar refractivity (Wildman–Crippen MR) is 100 cm³/mol. The first-order chi connectivity index (χ1) is 11.3. The van der Waals surface area contributed by atoms with Crippen LogP contribution in [0.1, 0.15) is 63.5 Å². The molecule has 2 aromatic rings. The monoisotopic (exact) mass is 324 g/mol. The molecular weight excluding hydrogens is 296 g/mol. The lowest BCUT2D eigenvalue weighted by atomic mass is 9.98. The Hall–Kier alpha value is -2.09. The largest absolute Gasteiger partial charge is 0.423 e. The SMILES string of the molecule is CCCCc1ccc(C(=O)Oc2cc(C)c(C)c(C)c2C)cc1C. The average Bonchev–Trinajstić information content (AvgIpc) is 2.56. The molecule has 0 heterocycles. The van der Waals surface area contributed by atoms with Crippen molar-refractivity contribution in [1.29, 1.82) is 0 Å². The fraction of sp³-hybridized carbons (Fsp3) is 0.409. The Kier molecular flexibility index (Phi) is 5.82. The van der Waals surface area contributed by atoms with Gasteiger partial charge in [0.05, 0.1) is 5.56 Å². The van der Waals surface area contributed by atoms with E-state index in [2.05, 4.69) is 33.8 Å². The van der Waals surface area contributed by atoms with Crippen LogP contribution in [-0.4, -0.2) is 5.97 Å². The van der Waals surface area contributed by atoms with Gasteiger partial charge in [0.25, 0.3) is 0 Å². The summed E-state index contributed by atoms with van der Waals surface area (Å²) < 4.78 is 5.68. The molecule has 0 fully saturated rings. The van der Waals surface area contributed by atoms with Crippen LogP contribution in [0.25, 0.3) is 0 Å². The molecule has 0 unspecified atom stereocenters. The molecule has 0 bridgehead atoms. The van der Waals surface area contributed by atoms with E-state index in [1.165, 1.54) is 29.5 Å². The summed E-state index contributed by atoms with van der Waals surface area (Å²) in [7, 11) is 0. The van der Waals surface area contributed by atoms with Gasteiger partial charge in [-0.2, -0.15) is 0 Å². The standard InChI is InChI=1S/C22H28O2/c1-7-8-9-19-10-11-20(12-15(19)3)22(23)24-21-13-14(2)16(4)17(5)18(21)6/h10-13H,7-9H2,1-6H3. The minimum Gasteiger partial charge on any atom is -0.423 e. The maximum absolute atomic E-state index is 12.5. The number of unbranched alkanes of at least 4 members (excludes halogenated alkanes) is 1. The van der Waals surface area contributed by atoms with Crippen LogP contribution < -0.4 is 4.74 Å². The minimum absolute atomic E-state index is 0.286. The molecule has 128 valence electrons. The Morgan fingerprint density at radius 1 is 0.917 bits per heavy atom. The molecule has 0 amide bonds. The summed E-state index contributed by atoms with van der Waals surface area (Å²) in [6, 6.07) is 7.83. The number of benzene rings is 2. The summed E-state index contributed by atoms with van der Waals surface area (Å²) in [5.74, 6) is 0.374. The molecule has 0 aliphatic heterocycles. The van der Waals surface area contributed by atoms with Gasteiger partial charge in [0.1, 0.15) is 5.75 Å². The smallest absolute Gasteiger partial charge is 0.343 e. The van der Waals surface area contributed by atoms with E-state index in [-0.39, 0.29) is 5.97 Å². The highest BCUT2D eigenvalue weighted by molar-refractivity contribution is 5.91. The quantitative estimate of drug-likeness (QED) is 0.514. The Balaban J connectivity index is 2.23. The molecule has 2 heteroatoms. The van der Waals surface area contributed by atoms with Crippen LogP contribution in [0.5, 0.6) is 5.75 Å². The van der Waals surface area contributed by atoms with E-state index < -0.39 is 0 Å². The van der Waals surface area contributed by atoms with Gasteiger partial charge in [-0.1, -0.05) is 19.4 Å². The van der Waals surface area contributed by atoms with Crippen LogP contribution >= 0.6 is 0 Å². The Bertz CT molecular complexity index is 757. The zero-order chi connectivity index (χ0) is 17.9. The second-order valence-electron chi connectivity index (χ2n) is 6.70. The van der Waals surface area contributed by atoms with E-state index in [9.17, 15) is 4.79 Å². The van der Waals surface area contributed by atoms with E-state index in [0.717, 1.165) is 23.1 Å². The van der Waals surface area contributed by atoms with Crippen LogP contribution in [0.2, 0.25) is 0 Å². The van der Waals surface area contributed by atoms with Crippen LogP contribution in [-0.2, 0) is 6.42 Å². The number of rotatable bonds is 5. The normalized spacial score (nSPS) is 10.8. The minimum atomic E-state index is -0.286. The molecule has 2 aromatic carbocycles. The third-order valence-corrected chi connectivity index (χ3v) is 5.01. The first kappa shape index (κ1) is 18.3. The molecule has 0 saturated carbocycles. The lowest BCUT2D eigenvalue weighted by Gasteiger charge is -2.14. The lowest BCUT2D eigenvalue weighted by Crippen LogP contribution is -2.11. The van der Waals surface area contributed by atoms with Gasteiger partial charge in [0.15, 0.2) is 0 Å². The molecule has 0 N–H and O–H groups in total. The van der Waals surface area contributed by atoms with Gasteiger partial charge in [0.2, 0.25) is 0 Å². The lowest BCUT2D eigenvalue weighted by molar-refractivity contribution is 0.0733. The van der Waals surface area contributed by atoms with E-state index in [1.807, 2.05) is 32.0 Å². The van der Waals surface area contributed by atoms with Crippen LogP contribution in [0.15, 0.2) is 24.3 Å². The summed E-state index contributed by atoms with van der Waals surface area (Å²) in [6.07, 6.45) is 3.41. The van der Waals surface area contributed by atoms with E-state index >= 15 is 0 Å². The summed E-state index contributed by atoms with van der Waals surface area (Å²) in [5.41, 5.74) is 7.70. The van der Waals surface area contributed by atoms with Gasteiger partial charge in [-0.3, -0.25) is 0 Å². The number of ether oxygens (including phenoxy) is 1. The van der Waals surface area contributed by atoms with Crippen molar-refractivity contribution in [2.75, 3.05) is 0 Å². The van der Waals surface area contributed by atoms with Crippen molar-refractivity contribution in [3.05, 3.63) is 63.2 Å². The second-order valence-corrected chi connectivity index (χ2v) is 6.70. The predicted octanol–water partition coefficient (Wildman–Crippen LogP) is 5.79. The molecule has 0 spiro atoms. The summed E-state index contributed by atoms with van der Waals surface area (Å²) >= 11 is 0. The molecule has 0 saturated heterocycles. The summed E-state index contributed by atoms with van der Waals surface area (Å²) in [6.45, 7) is 12.5. The summed E-state index contributed by atoms with van der Waals surface area (Å²) in [5, 5.41) is 0. The number of esters is 1. The highest BCUT2D eigenvalue weighted by atomic mass is 16.5. The van der Waals surface area contributed by atoms with Gasteiger partial charge >= 0.3 is 5.97 Å². The third kappa shape index (κ3) is 3.87. The summed E-state index contributed by atoms with van der Waals surface area (Å²) in [4.78, 5) is 12.5. The van der Waals surface area contributed by atoms with Crippen LogP contribution in [0, 0.1) is 34.6 Å². The van der Waals surface area contributed by atoms with Crippen molar-refractivity contribution in [2.24, 2.45) is 0 Å². The highest BCUT2D eigenvalue weighted by Gasteiger charge is 2.14. The topological polar surface area (TPSA) is 26.3 Å². The molecule has 0 aromatic heterocycles. The molecule has 0 atom stereocenters. The molecule has 24 heavy (non-hydrogen) atoms. The van der Waals surface area contributed by atoms with E-state index in [4.69, 9.17) is 4.74 Å². The molecule has 2 nitrogen and oxygen atoms in total. The van der Waals surface area contributed by atoms with E-state index in [1.54, 1.807) is 0 Å². The molecule has 0 radical (unpaired) electrons. The molecule has 0 aliphatic rings. The first-order valence-corrected chi connectivity index (χ1v) is 8.74. The van der Waals surface area contributed by atoms with Gasteiger partial charge in [-0.25, -0.2) is 4.79 Å². The highest BCUT2D eigenvalue weighted by Crippen LogP contribution is 2.28. The van der Waals surface area contributed by atoms with Crippen molar-refractivity contribution < 1.29 is 9.53 Å². The van der Waals surface area contributed by atoms with Crippen LogP contribution in [0.4, 0.5) is 0 Å². The zero-order valence-corrected chi connectivity index (χ0v) is 15.7. The molecule has 2 rings (SSSR count). The number of carbonyl (C=O) groups is 1. The van der Waals surface area contributed by atoms with Crippen molar-refractivity contribution in [3.8, 4) is 5.75 Å². The fourth-order valence-electron chi connectivity index (χ4n) is 2.91. The maximum Gasteiger partial charge on any atom is 0.343 e. The Morgan fingerprint density at radius 2 is 1.62 bits per heavy atom. The van der Waals surface area contributed by atoms with Crippen molar-refractivity contribution >= 4 is 5.97 Å². The third-order valence-electron chi connectivity index (χ3n) is 5.01. The molecular formula is C22H28O2. The van der Waals surface area contributed by atoms with Gasteiger partial charge in [-0.05, 0) is 99.0 Å². The van der Waals surface area contributed by atoms with Crippen LogP contribution in [0.3, 0.4) is 0 Å². The second kappa shape index (κ2) is 7.65. The number of hydrogen-bond acceptors (Lipinski definition) is 2. The first-order valence-electron chi connectivity index (χ1n) is 8.74. The molecule has 0 aliphatic carbocycles. The van der Waals surface area contributed by atoms with Gasteiger partial charge < -0.3 is 4.74 Å². The zero-order valence-electron chi connectivity index (χ0n) is 15.7. The Labute approximate surface area is 145 Å². The number of aryl methyl sites for hydroxylation is 3. The van der Waals surface area contributed by atoms with Crippen molar-refractivity contribution in [1.82, 2.24) is 0 Å². The van der Waals surface area contributed by atoms with E-state index in [0.29, 0.717) is 11.3 Å². The van der Waals surface area contributed by atoms with Gasteiger partial charge in [-0.15, -0.1) is 0 Å². The number of carbonyl (C=O) groups excluding carboxylic acids is 1. The van der Waals surface area contributed by atoms with Gasteiger partial charge in [0, 0.05) is 0 Å². The van der Waals surface area contributed by atoms with Crippen molar-refractivity contribution in [3.63, 3.8) is 0 Å². The maximum atomic E-state index is 12.5. The Morgan fingerprint density at radius 3 is 2.25 bits per heavy atom.